The normalized spacial score (nSPS) is 9.29. The largest absolute Gasteiger partial charge is 0.328 e. The van der Waals surface area contributed by atoms with E-state index in [0.29, 0.717) is 0 Å². The average molecular weight is 196 g/mol. The van der Waals surface area contributed by atoms with Crippen LogP contribution >= 0.6 is 0 Å². The van der Waals surface area contributed by atoms with Crippen LogP contribution in [0, 0.1) is 0 Å². The Balaban J connectivity index is 4.38. The summed E-state index contributed by atoms with van der Waals surface area (Å²) in [5.41, 5.74) is 0. The van der Waals surface area contributed by atoms with Crippen LogP contribution in [0.2, 0.25) is 0 Å². The van der Waals surface area contributed by atoms with Gasteiger partial charge in [0, 0.05) is 25.5 Å². The summed E-state index contributed by atoms with van der Waals surface area (Å²) < 4.78 is 0. The van der Waals surface area contributed by atoms with E-state index in [1.54, 1.807) is 0 Å². The van der Waals surface area contributed by atoms with Crippen molar-refractivity contribution in [1.82, 2.24) is 9.80 Å². The van der Waals surface area contributed by atoms with Crippen molar-refractivity contribution in [3.63, 3.8) is 0 Å². The standard InChI is InChI=1S/C11H20N2O/c1-5-9-13(10-6-2)11(14)12(7-3)8-4/h7-8H,3-6,9-10H2,1-2H3. The van der Waals surface area contributed by atoms with Gasteiger partial charge in [-0.3, -0.25) is 4.90 Å². The third kappa shape index (κ3) is 3.64. The molecule has 0 fully saturated rings. The zero-order chi connectivity index (χ0) is 11.0. The minimum atomic E-state index is -0.0429. The van der Waals surface area contributed by atoms with Gasteiger partial charge in [0.2, 0.25) is 0 Å². The minimum absolute atomic E-state index is 0.0429. The Kier molecular flexibility index (Phi) is 6.54. The van der Waals surface area contributed by atoms with Crippen molar-refractivity contribution in [3.8, 4) is 0 Å². The molecule has 14 heavy (non-hydrogen) atoms. The smallest absolute Gasteiger partial charge is 0.324 e. The molecule has 0 rings (SSSR count). The fourth-order valence-electron chi connectivity index (χ4n) is 1.24. The number of carbonyl (C=O) groups is 1. The van der Waals surface area contributed by atoms with E-state index in [1.807, 2.05) is 4.90 Å². The molecule has 0 spiro atoms. The van der Waals surface area contributed by atoms with E-state index < -0.39 is 0 Å². The molecular weight excluding hydrogens is 176 g/mol. The number of nitrogens with zero attached hydrogens (tertiary/aromatic N) is 2. The molecular formula is C11H20N2O. The van der Waals surface area contributed by atoms with Gasteiger partial charge in [-0.15, -0.1) is 0 Å². The molecule has 80 valence electrons. The van der Waals surface area contributed by atoms with Gasteiger partial charge in [0.05, 0.1) is 0 Å². The van der Waals surface area contributed by atoms with Crippen molar-refractivity contribution in [2.24, 2.45) is 0 Å². The van der Waals surface area contributed by atoms with E-state index >= 15 is 0 Å². The fourth-order valence-corrected chi connectivity index (χ4v) is 1.24. The molecule has 0 atom stereocenters. The summed E-state index contributed by atoms with van der Waals surface area (Å²) in [7, 11) is 0. The molecule has 0 aromatic carbocycles. The van der Waals surface area contributed by atoms with E-state index in [4.69, 9.17) is 0 Å². The molecule has 3 nitrogen and oxygen atoms in total. The lowest BCUT2D eigenvalue weighted by Gasteiger charge is -2.25. The van der Waals surface area contributed by atoms with Gasteiger partial charge in [0.1, 0.15) is 0 Å². The summed E-state index contributed by atoms with van der Waals surface area (Å²) in [5.74, 6) is 0. The van der Waals surface area contributed by atoms with E-state index in [2.05, 4.69) is 27.0 Å². The zero-order valence-corrected chi connectivity index (χ0v) is 9.20. The fraction of sp³-hybridized carbons (Fsp3) is 0.545. The van der Waals surface area contributed by atoms with Gasteiger partial charge in [0.15, 0.2) is 0 Å². The first-order valence-corrected chi connectivity index (χ1v) is 5.03. The van der Waals surface area contributed by atoms with E-state index in [0.717, 1.165) is 25.9 Å². The highest BCUT2D eigenvalue weighted by molar-refractivity contribution is 5.76. The van der Waals surface area contributed by atoms with Crippen molar-refractivity contribution in [3.05, 3.63) is 25.6 Å². The van der Waals surface area contributed by atoms with Gasteiger partial charge in [-0.25, -0.2) is 4.79 Å². The Labute approximate surface area is 86.7 Å². The van der Waals surface area contributed by atoms with Crippen LogP contribution in [-0.2, 0) is 0 Å². The van der Waals surface area contributed by atoms with Gasteiger partial charge in [-0.2, -0.15) is 0 Å². The topological polar surface area (TPSA) is 23.6 Å². The monoisotopic (exact) mass is 196 g/mol. The Morgan fingerprint density at radius 3 is 1.86 bits per heavy atom. The van der Waals surface area contributed by atoms with Crippen LogP contribution < -0.4 is 0 Å². The number of hydrogen-bond acceptors (Lipinski definition) is 1. The maximum atomic E-state index is 11.8. The molecule has 2 amide bonds. The van der Waals surface area contributed by atoms with Crippen LogP contribution in [0.4, 0.5) is 4.79 Å². The number of hydrogen-bond donors (Lipinski definition) is 0. The second kappa shape index (κ2) is 7.18. The molecule has 3 heteroatoms. The highest BCUT2D eigenvalue weighted by atomic mass is 16.2. The van der Waals surface area contributed by atoms with E-state index in [-0.39, 0.29) is 6.03 Å². The molecule has 0 aromatic heterocycles. The molecule has 0 heterocycles. The second-order valence-corrected chi connectivity index (χ2v) is 3.04. The quantitative estimate of drug-likeness (QED) is 0.640. The number of rotatable bonds is 6. The Bertz CT molecular complexity index is 187. The summed E-state index contributed by atoms with van der Waals surface area (Å²) in [4.78, 5) is 15.0. The summed E-state index contributed by atoms with van der Waals surface area (Å²) in [6.07, 6.45) is 4.89. The first-order chi connectivity index (χ1) is 6.71. The Morgan fingerprint density at radius 1 is 1.14 bits per heavy atom. The highest BCUT2D eigenvalue weighted by Crippen LogP contribution is 2.02. The van der Waals surface area contributed by atoms with Gasteiger partial charge >= 0.3 is 6.03 Å². The van der Waals surface area contributed by atoms with Crippen LogP contribution in [0.5, 0.6) is 0 Å². The molecule has 0 saturated carbocycles. The summed E-state index contributed by atoms with van der Waals surface area (Å²) in [5, 5.41) is 0. The summed E-state index contributed by atoms with van der Waals surface area (Å²) >= 11 is 0. The molecule has 0 N–H and O–H groups in total. The van der Waals surface area contributed by atoms with Crippen LogP contribution in [0.1, 0.15) is 26.7 Å². The number of amides is 2. The predicted octanol–water partition coefficient (Wildman–Crippen LogP) is 2.82. The first kappa shape index (κ1) is 12.8. The third-order valence-electron chi connectivity index (χ3n) is 1.87. The van der Waals surface area contributed by atoms with Gasteiger partial charge in [-0.05, 0) is 12.8 Å². The van der Waals surface area contributed by atoms with Crippen LogP contribution in [-0.4, -0.2) is 28.9 Å². The van der Waals surface area contributed by atoms with Gasteiger partial charge in [0.25, 0.3) is 0 Å². The van der Waals surface area contributed by atoms with Crippen molar-refractivity contribution >= 4 is 6.03 Å². The molecule has 0 radical (unpaired) electrons. The first-order valence-electron chi connectivity index (χ1n) is 5.03. The van der Waals surface area contributed by atoms with Crippen molar-refractivity contribution in [1.29, 1.82) is 0 Å². The zero-order valence-electron chi connectivity index (χ0n) is 9.20. The van der Waals surface area contributed by atoms with E-state index in [9.17, 15) is 4.79 Å². The molecule has 0 saturated heterocycles. The van der Waals surface area contributed by atoms with Crippen LogP contribution in [0.3, 0.4) is 0 Å². The maximum Gasteiger partial charge on any atom is 0.328 e. The molecule has 0 aliphatic rings. The van der Waals surface area contributed by atoms with Crippen molar-refractivity contribution in [2.45, 2.75) is 26.7 Å². The number of urea groups is 1. The van der Waals surface area contributed by atoms with Crippen molar-refractivity contribution in [2.75, 3.05) is 13.1 Å². The number of carbonyl (C=O) groups excluding carboxylic acids is 1. The summed E-state index contributed by atoms with van der Waals surface area (Å²) in [6, 6.07) is -0.0429. The van der Waals surface area contributed by atoms with Crippen LogP contribution in [0.15, 0.2) is 25.6 Å². The molecule has 0 aliphatic heterocycles. The maximum absolute atomic E-state index is 11.8. The molecule has 0 aliphatic carbocycles. The average Bonchev–Trinajstić information content (AvgIpc) is 2.19. The van der Waals surface area contributed by atoms with Crippen LogP contribution in [0.25, 0.3) is 0 Å². The van der Waals surface area contributed by atoms with Gasteiger partial charge < -0.3 is 4.90 Å². The van der Waals surface area contributed by atoms with E-state index in [1.165, 1.54) is 17.3 Å². The van der Waals surface area contributed by atoms with Crippen molar-refractivity contribution < 1.29 is 4.79 Å². The Morgan fingerprint density at radius 2 is 1.57 bits per heavy atom. The minimum Gasteiger partial charge on any atom is -0.324 e. The highest BCUT2D eigenvalue weighted by Gasteiger charge is 2.14. The lowest BCUT2D eigenvalue weighted by molar-refractivity contribution is 0.180. The lowest BCUT2D eigenvalue weighted by atomic mass is 10.3. The van der Waals surface area contributed by atoms with Gasteiger partial charge in [-0.1, -0.05) is 27.0 Å². The third-order valence-corrected chi connectivity index (χ3v) is 1.87. The molecule has 0 bridgehead atoms. The lowest BCUT2D eigenvalue weighted by Crippen LogP contribution is -2.38. The predicted molar refractivity (Wildman–Crippen MR) is 59.8 cm³/mol. The molecule has 0 unspecified atom stereocenters. The SMILES string of the molecule is C=CN(C=C)C(=O)N(CCC)CCC. The summed E-state index contributed by atoms with van der Waals surface area (Å²) in [6.45, 7) is 12.8. The Hall–Kier alpha value is -1.25. The molecule has 0 aromatic rings. The second-order valence-electron chi connectivity index (χ2n) is 3.04.